The topological polar surface area (TPSA) is 646 Å². The van der Waals surface area contributed by atoms with Crippen LogP contribution in [0.25, 0.3) is 0 Å². The average Bonchev–Trinajstić information content (AvgIpc) is 2.75. The lowest BCUT2D eigenvalue weighted by molar-refractivity contribution is -0.145. The van der Waals surface area contributed by atoms with Crippen LogP contribution in [0.15, 0.2) is 35.3 Å². The summed E-state index contributed by atoms with van der Waals surface area (Å²) in [6.07, 6.45) is -9.89. The Kier molecular flexibility index (Phi) is 31.8. The first-order valence-corrected chi connectivity index (χ1v) is 27.1. The van der Waals surface area contributed by atoms with Crippen LogP contribution in [-0.2, 0) is 92.7 Å². The molecule has 2 rings (SSSR count). The predicted molar refractivity (Wildman–Crippen MR) is 298 cm³/mol. The van der Waals surface area contributed by atoms with E-state index in [1.807, 2.05) is 21.3 Å². The minimum Gasteiger partial charge on any atom is -0.481 e. The SMILES string of the molecule is NC(N)=NCCC[C@@H]1NC(=O)[C@H](CCCCNC(=O)[C@H](CC(=O)O)NC(=O)[C@H](CC(=O)O)NC(=O)[C@H](CC(=O)O)NC(=O)[C@H](CC(=O)O)NC(=O)[C@H](CC(=O)O)NC(=O)CCC(=O)O)NC(=O)[C@H](Cc2ccccc2)NC(=O)[C@H](CC(=O)O)NC(=O)CNC1=O. The molecule has 1 fully saturated rings. The van der Waals surface area contributed by atoms with Crippen LogP contribution < -0.4 is 70.0 Å². The number of aliphatic imine (C=N–C) groups is 1. The van der Waals surface area contributed by atoms with Gasteiger partial charge in [-0.3, -0.25) is 91.3 Å². The van der Waals surface area contributed by atoms with Crippen LogP contribution in [-0.4, -0.2) is 222 Å². The van der Waals surface area contributed by atoms with Crippen LogP contribution in [0.1, 0.15) is 89.0 Å². The number of benzene rings is 1. The summed E-state index contributed by atoms with van der Waals surface area (Å²) in [6, 6.07) is -9.37. The van der Waals surface area contributed by atoms with Crippen molar-refractivity contribution in [1.29, 1.82) is 0 Å². The maximum Gasteiger partial charge on any atom is 0.305 e. The molecule has 1 aromatic carbocycles. The van der Waals surface area contributed by atoms with E-state index in [-0.39, 0.29) is 51.0 Å². The first kappa shape index (κ1) is 75.0. The van der Waals surface area contributed by atoms with Crippen LogP contribution in [0, 0.1) is 0 Å². The van der Waals surface area contributed by atoms with E-state index in [4.69, 9.17) is 16.6 Å². The number of carboxylic acid groups (broad SMARTS) is 7. The maximum atomic E-state index is 14.1. The summed E-state index contributed by atoms with van der Waals surface area (Å²) >= 11 is 0. The zero-order valence-electron chi connectivity index (χ0n) is 47.7. The second-order valence-corrected chi connectivity index (χ2v) is 19.8. The van der Waals surface area contributed by atoms with Gasteiger partial charge in [-0.2, -0.15) is 0 Å². The Morgan fingerprint density at radius 2 is 0.878 bits per heavy atom. The fourth-order valence-electron chi connectivity index (χ4n) is 8.14. The highest BCUT2D eigenvalue weighted by Gasteiger charge is 2.37. The first-order valence-electron chi connectivity index (χ1n) is 27.1. The highest BCUT2D eigenvalue weighted by molar-refractivity contribution is 6.01. The number of guanidine groups is 1. The van der Waals surface area contributed by atoms with Gasteiger partial charge in [0.15, 0.2) is 5.96 Å². The third-order valence-corrected chi connectivity index (χ3v) is 12.4. The molecule has 90 heavy (non-hydrogen) atoms. The van der Waals surface area contributed by atoms with Crippen molar-refractivity contribution in [1.82, 2.24) is 58.5 Å². The Morgan fingerprint density at radius 3 is 1.32 bits per heavy atom. The van der Waals surface area contributed by atoms with Gasteiger partial charge in [0, 0.05) is 25.9 Å². The molecule has 1 aliphatic heterocycles. The van der Waals surface area contributed by atoms with E-state index in [1.165, 1.54) is 0 Å². The van der Waals surface area contributed by atoms with E-state index in [1.54, 1.807) is 35.6 Å². The van der Waals surface area contributed by atoms with Crippen molar-refractivity contribution < 1.29 is 122 Å². The van der Waals surface area contributed by atoms with Crippen molar-refractivity contribution in [2.45, 2.75) is 144 Å². The van der Waals surface area contributed by atoms with Crippen LogP contribution in [0.3, 0.4) is 0 Å². The monoisotopic (exact) mass is 1280 g/mol. The Hall–Kier alpha value is -11.1. The molecule has 494 valence electrons. The van der Waals surface area contributed by atoms with Crippen molar-refractivity contribution >= 4 is 113 Å². The molecule has 0 saturated carbocycles. The van der Waals surface area contributed by atoms with Gasteiger partial charge in [-0.05, 0) is 37.7 Å². The van der Waals surface area contributed by atoms with Gasteiger partial charge in [0.2, 0.25) is 65.0 Å². The Bertz CT molecular complexity index is 2890. The minimum absolute atomic E-state index is 0.0344. The zero-order valence-corrected chi connectivity index (χ0v) is 47.7. The molecule has 0 bridgehead atoms. The molecule has 1 heterocycles. The number of hydrogen-bond donors (Lipinski definition) is 20. The molecule has 0 spiro atoms. The van der Waals surface area contributed by atoms with E-state index in [9.17, 15) is 117 Å². The van der Waals surface area contributed by atoms with Gasteiger partial charge in [-0.15, -0.1) is 0 Å². The first-order chi connectivity index (χ1) is 42.2. The van der Waals surface area contributed by atoms with Gasteiger partial charge in [0.1, 0.15) is 54.4 Å². The molecule has 1 aromatic rings. The number of nitrogens with two attached hydrogens (primary N) is 2. The van der Waals surface area contributed by atoms with Crippen LogP contribution in [0.2, 0.25) is 0 Å². The third kappa shape index (κ3) is 29.8. The summed E-state index contributed by atoms with van der Waals surface area (Å²) in [7, 11) is 0. The normalized spacial score (nSPS) is 17.8. The molecule has 39 heteroatoms. The third-order valence-electron chi connectivity index (χ3n) is 12.4. The zero-order chi connectivity index (χ0) is 67.8. The fraction of sp³-hybridized carbons (Fsp3) is 0.510. The summed E-state index contributed by atoms with van der Waals surface area (Å²) in [5.41, 5.74) is 11.3. The van der Waals surface area contributed by atoms with E-state index in [2.05, 4.69) is 36.9 Å². The number of aliphatic carboxylic acids is 7. The lowest BCUT2D eigenvalue weighted by Gasteiger charge is -2.26. The van der Waals surface area contributed by atoms with Gasteiger partial charge in [-0.25, -0.2) is 0 Å². The molecule has 0 radical (unpaired) electrons. The molecule has 9 atom stereocenters. The molecule has 39 nitrogen and oxygen atoms in total. The van der Waals surface area contributed by atoms with Crippen molar-refractivity contribution in [3.05, 3.63) is 35.9 Å². The standard InChI is InChI=1S/C51H70N14O25/c52-51(53)55-14-6-10-24-42(82)56-22-34(67)58-29(18-38(74)75)47(87)61-26(15-23-7-2-1-3-8-23)45(85)60-25(44(84)59-24)9-4-5-13-54-43(83)27(16-36(70)71)62-48(88)30(19-39(76)77)64-50(90)32(21-41(80)81)65-49(89)31(20-40(78)79)63-46(86)28(17-37(72)73)57-33(66)11-12-35(68)69/h1-3,7-8,24-32H,4-6,9-22H2,(H,54,83)(H,56,82)(H,57,66)(H,58,67)(H,59,84)(H,60,85)(H,61,87)(H,62,88)(H,63,86)(H,64,90)(H,65,89)(H,68,69)(H,70,71)(H,72,73)(H,74,75)(H,76,77)(H,78,79)(H,80,81)(H4,52,53,55)/t24-,25-,26-,27-,28-,29-,30-,31-,32-/m0/s1. The predicted octanol–water partition coefficient (Wildman–Crippen LogP) is -8.22. The van der Waals surface area contributed by atoms with E-state index in [0.29, 0.717) is 5.56 Å². The van der Waals surface area contributed by atoms with E-state index < -0.39 is 226 Å². The van der Waals surface area contributed by atoms with Gasteiger partial charge in [0.05, 0.1) is 51.5 Å². The van der Waals surface area contributed by atoms with Crippen LogP contribution >= 0.6 is 0 Å². The molecule has 0 unspecified atom stereocenters. The average molecular weight is 1280 g/mol. The molecule has 11 amide bonds. The Morgan fingerprint density at radius 1 is 0.467 bits per heavy atom. The Labute approximate surface area is 508 Å². The summed E-state index contributed by atoms with van der Waals surface area (Å²) in [5.74, 6) is -26.2. The number of rotatable bonds is 36. The molecule has 0 aromatic heterocycles. The number of unbranched alkanes of at least 4 members (excludes halogenated alkanes) is 1. The molecule has 0 aliphatic carbocycles. The number of hydrogen-bond acceptors (Lipinski definition) is 19. The summed E-state index contributed by atoms with van der Waals surface area (Å²) < 4.78 is 0. The quantitative estimate of drug-likeness (QED) is 0.0169. The molecule has 22 N–H and O–H groups in total. The highest BCUT2D eigenvalue weighted by Crippen LogP contribution is 2.11. The minimum atomic E-state index is -2.36. The number of amides is 11. The second-order valence-electron chi connectivity index (χ2n) is 19.8. The fourth-order valence-corrected chi connectivity index (χ4v) is 8.14. The molecular formula is C51H70N14O25. The molecule has 1 saturated heterocycles. The van der Waals surface area contributed by atoms with E-state index >= 15 is 0 Å². The number of nitrogens with zero attached hydrogens (tertiary/aromatic N) is 1. The van der Waals surface area contributed by atoms with Crippen LogP contribution in [0.5, 0.6) is 0 Å². The molecule has 1 aliphatic rings. The summed E-state index contributed by atoms with van der Waals surface area (Å²) in [5, 5.41) is 89.6. The number of carbonyl (C=O) groups is 18. The lowest BCUT2D eigenvalue weighted by Crippen LogP contribution is -2.60. The smallest absolute Gasteiger partial charge is 0.305 e. The van der Waals surface area contributed by atoms with Crippen molar-refractivity contribution in [2.75, 3.05) is 19.6 Å². The van der Waals surface area contributed by atoms with Crippen molar-refractivity contribution in [3.63, 3.8) is 0 Å². The van der Waals surface area contributed by atoms with Gasteiger partial charge in [0.25, 0.3) is 0 Å². The number of carboxylic acids is 7. The van der Waals surface area contributed by atoms with Gasteiger partial charge < -0.3 is 106 Å². The van der Waals surface area contributed by atoms with Gasteiger partial charge in [-0.1, -0.05) is 30.3 Å². The Balaban J connectivity index is 2.40. The summed E-state index contributed by atoms with van der Waals surface area (Å²) in [6.45, 7) is -1.23. The highest BCUT2D eigenvalue weighted by atomic mass is 16.4. The summed E-state index contributed by atoms with van der Waals surface area (Å²) in [4.78, 5) is 233. The van der Waals surface area contributed by atoms with Crippen molar-refractivity contribution in [3.8, 4) is 0 Å². The largest absolute Gasteiger partial charge is 0.481 e. The number of carbonyl (C=O) groups excluding carboxylic acids is 11. The maximum absolute atomic E-state index is 14.1. The van der Waals surface area contributed by atoms with Crippen molar-refractivity contribution in [2.24, 2.45) is 16.5 Å². The van der Waals surface area contributed by atoms with Crippen LogP contribution in [0.4, 0.5) is 0 Å². The molecular weight excluding hydrogens is 1210 g/mol. The second kappa shape index (κ2) is 38.2. The van der Waals surface area contributed by atoms with Gasteiger partial charge >= 0.3 is 41.8 Å². The van der Waals surface area contributed by atoms with E-state index in [0.717, 1.165) is 0 Å². The lowest BCUT2D eigenvalue weighted by atomic mass is 10.0. The number of nitrogens with one attached hydrogen (secondary N) is 11.